The van der Waals surface area contributed by atoms with Crippen molar-refractivity contribution in [3.63, 3.8) is 0 Å². The third kappa shape index (κ3) is 2.41. The van der Waals surface area contributed by atoms with Crippen LogP contribution in [0.4, 0.5) is 0 Å². The molecule has 1 fully saturated rings. The van der Waals surface area contributed by atoms with E-state index in [0.29, 0.717) is 23.8 Å². The summed E-state index contributed by atoms with van der Waals surface area (Å²) in [7, 11) is 0. The second-order valence-corrected chi connectivity index (χ2v) is 4.93. The number of amides is 1. The molecule has 0 radical (unpaired) electrons. The van der Waals surface area contributed by atoms with E-state index >= 15 is 0 Å². The molecule has 1 amide bonds. The lowest BCUT2D eigenvalue weighted by molar-refractivity contribution is 0.0561. The summed E-state index contributed by atoms with van der Waals surface area (Å²) >= 11 is 0. The topological polar surface area (TPSA) is 72.1 Å². The fraction of sp³-hybridized carbons (Fsp3) is 0.429. The van der Waals surface area contributed by atoms with E-state index < -0.39 is 0 Å². The number of hydrogen-bond acceptors (Lipinski definition) is 5. The minimum Gasteiger partial charge on any atom is -0.337 e. The molecule has 1 saturated heterocycles. The van der Waals surface area contributed by atoms with Gasteiger partial charge in [-0.1, -0.05) is 5.16 Å². The maximum absolute atomic E-state index is 12.6. The van der Waals surface area contributed by atoms with Crippen LogP contribution >= 0.6 is 0 Å². The standard InChI is InChI=1S/C14H16N4O2/c1-10-16-13(20-17-10)12-4-2-3-9-18(12)14(19)11-5-7-15-8-6-11/h5-8,12H,2-4,9H2,1H3/t12-/m1/s1. The van der Waals surface area contributed by atoms with Crippen molar-refractivity contribution >= 4 is 5.91 Å². The minimum absolute atomic E-state index is 0.00652. The molecule has 0 N–H and O–H groups in total. The van der Waals surface area contributed by atoms with Gasteiger partial charge in [0.1, 0.15) is 6.04 Å². The van der Waals surface area contributed by atoms with E-state index in [9.17, 15) is 4.79 Å². The van der Waals surface area contributed by atoms with Gasteiger partial charge in [-0.3, -0.25) is 9.78 Å². The molecule has 0 spiro atoms. The zero-order chi connectivity index (χ0) is 13.9. The molecule has 20 heavy (non-hydrogen) atoms. The van der Waals surface area contributed by atoms with Gasteiger partial charge in [0.2, 0.25) is 5.89 Å². The predicted molar refractivity (Wildman–Crippen MR) is 70.9 cm³/mol. The van der Waals surface area contributed by atoms with E-state index in [1.54, 1.807) is 31.5 Å². The van der Waals surface area contributed by atoms with Crippen LogP contribution in [0.1, 0.15) is 47.4 Å². The fourth-order valence-corrected chi connectivity index (χ4v) is 2.54. The summed E-state index contributed by atoms with van der Waals surface area (Å²) in [5.41, 5.74) is 0.642. The average molecular weight is 272 g/mol. The van der Waals surface area contributed by atoms with E-state index in [1.165, 1.54) is 0 Å². The lowest BCUT2D eigenvalue weighted by Crippen LogP contribution is -2.38. The van der Waals surface area contributed by atoms with Gasteiger partial charge in [0, 0.05) is 24.5 Å². The van der Waals surface area contributed by atoms with Gasteiger partial charge in [-0.15, -0.1) is 0 Å². The van der Waals surface area contributed by atoms with Crippen molar-refractivity contribution in [2.24, 2.45) is 0 Å². The summed E-state index contributed by atoms with van der Waals surface area (Å²) in [6, 6.07) is 3.34. The van der Waals surface area contributed by atoms with Crippen LogP contribution < -0.4 is 0 Å². The van der Waals surface area contributed by atoms with Gasteiger partial charge in [-0.25, -0.2) is 0 Å². The Kier molecular flexibility index (Phi) is 3.45. The molecule has 104 valence electrons. The maximum atomic E-state index is 12.6. The molecule has 1 aliphatic rings. The van der Waals surface area contributed by atoms with Gasteiger partial charge < -0.3 is 9.42 Å². The highest BCUT2D eigenvalue weighted by atomic mass is 16.5. The second-order valence-electron chi connectivity index (χ2n) is 4.93. The maximum Gasteiger partial charge on any atom is 0.254 e. The molecule has 6 nitrogen and oxygen atoms in total. The average Bonchev–Trinajstić information content (AvgIpc) is 2.94. The number of carbonyl (C=O) groups is 1. The monoisotopic (exact) mass is 272 g/mol. The van der Waals surface area contributed by atoms with E-state index in [1.807, 2.05) is 4.90 Å². The first-order chi connectivity index (χ1) is 9.75. The van der Waals surface area contributed by atoms with E-state index in [0.717, 1.165) is 19.3 Å². The fourth-order valence-electron chi connectivity index (χ4n) is 2.54. The number of hydrogen-bond donors (Lipinski definition) is 0. The SMILES string of the molecule is Cc1noc([C@H]2CCCCN2C(=O)c2ccncc2)n1. The lowest BCUT2D eigenvalue weighted by Gasteiger charge is -2.33. The molecular weight excluding hydrogens is 256 g/mol. The van der Waals surface area contributed by atoms with Crippen LogP contribution in [0.25, 0.3) is 0 Å². The van der Waals surface area contributed by atoms with E-state index in [-0.39, 0.29) is 11.9 Å². The quantitative estimate of drug-likeness (QED) is 0.837. The molecule has 3 rings (SSSR count). The number of aryl methyl sites for hydroxylation is 1. The van der Waals surface area contributed by atoms with Crippen LogP contribution in [-0.2, 0) is 0 Å². The van der Waals surface area contributed by atoms with Gasteiger partial charge in [0.15, 0.2) is 5.82 Å². The number of pyridine rings is 1. The third-order valence-electron chi connectivity index (χ3n) is 3.52. The molecule has 3 heterocycles. The first kappa shape index (κ1) is 12.8. The highest BCUT2D eigenvalue weighted by Crippen LogP contribution is 2.31. The van der Waals surface area contributed by atoms with Crippen molar-refractivity contribution in [3.8, 4) is 0 Å². The Balaban J connectivity index is 1.87. The first-order valence-corrected chi connectivity index (χ1v) is 6.77. The van der Waals surface area contributed by atoms with Crippen molar-refractivity contribution in [2.75, 3.05) is 6.54 Å². The molecule has 2 aromatic rings. The first-order valence-electron chi connectivity index (χ1n) is 6.77. The largest absolute Gasteiger partial charge is 0.337 e. The van der Waals surface area contributed by atoms with Crippen LogP contribution in [0, 0.1) is 6.92 Å². The van der Waals surface area contributed by atoms with Gasteiger partial charge in [0.25, 0.3) is 5.91 Å². The highest BCUT2D eigenvalue weighted by molar-refractivity contribution is 5.94. The molecule has 1 aliphatic heterocycles. The highest BCUT2D eigenvalue weighted by Gasteiger charge is 2.32. The summed E-state index contributed by atoms with van der Waals surface area (Å²) in [6.07, 6.45) is 6.18. The van der Waals surface area contributed by atoms with Crippen LogP contribution in [0.2, 0.25) is 0 Å². The molecule has 0 bridgehead atoms. The van der Waals surface area contributed by atoms with E-state index in [2.05, 4.69) is 15.1 Å². The summed E-state index contributed by atoms with van der Waals surface area (Å²) < 4.78 is 5.25. The Morgan fingerprint density at radius 1 is 1.35 bits per heavy atom. The van der Waals surface area contributed by atoms with Gasteiger partial charge in [-0.05, 0) is 38.3 Å². The van der Waals surface area contributed by atoms with Crippen molar-refractivity contribution < 1.29 is 9.32 Å². The van der Waals surface area contributed by atoms with Crippen molar-refractivity contribution in [2.45, 2.75) is 32.2 Å². The Labute approximate surface area is 116 Å². The third-order valence-corrected chi connectivity index (χ3v) is 3.52. The normalized spacial score (nSPS) is 19.1. The second kappa shape index (κ2) is 5.40. The van der Waals surface area contributed by atoms with E-state index in [4.69, 9.17) is 4.52 Å². The molecular formula is C14H16N4O2. The molecule has 0 aromatic carbocycles. The molecule has 6 heteroatoms. The zero-order valence-electron chi connectivity index (χ0n) is 11.3. The Morgan fingerprint density at radius 2 is 2.15 bits per heavy atom. The Hall–Kier alpha value is -2.24. The molecule has 2 aromatic heterocycles. The summed E-state index contributed by atoms with van der Waals surface area (Å²) in [4.78, 5) is 22.6. The molecule has 0 unspecified atom stereocenters. The van der Waals surface area contributed by atoms with Crippen molar-refractivity contribution in [1.82, 2.24) is 20.0 Å². The Morgan fingerprint density at radius 3 is 2.85 bits per heavy atom. The summed E-state index contributed by atoms with van der Waals surface area (Å²) in [5.74, 6) is 1.12. The summed E-state index contributed by atoms with van der Waals surface area (Å²) in [5, 5.41) is 3.82. The van der Waals surface area contributed by atoms with Crippen LogP contribution in [0.3, 0.4) is 0 Å². The van der Waals surface area contributed by atoms with Crippen LogP contribution in [0.5, 0.6) is 0 Å². The smallest absolute Gasteiger partial charge is 0.254 e. The minimum atomic E-state index is -0.120. The number of aromatic nitrogens is 3. The molecule has 0 saturated carbocycles. The zero-order valence-corrected chi connectivity index (χ0v) is 11.3. The Bertz CT molecular complexity index is 596. The van der Waals surface area contributed by atoms with Gasteiger partial charge in [-0.2, -0.15) is 4.98 Å². The predicted octanol–water partition coefficient (Wildman–Crippen LogP) is 2.14. The number of piperidine rings is 1. The van der Waals surface area contributed by atoms with Gasteiger partial charge in [0.05, 0.1) is 0 Å². The number of rotatable bonds is 2. The van der Waals surface area contributed by atoms with Crippen molar-refractivity contribution in [3.05, 3.63) is 41.8 Å². The van der Waals surface area contributed by atoms with Crippen LogP contribution in [0.15, 0.2) is 29.0 Å². The van der Waals surface area contributed by atoms with Crippen molar-refractivity contribution in [1.29, 1.82) is 0 Å². The molecule has 0 aliphatic carbocycles. The van der Waals surface area contributed by atoms with Crippen LogP contribution in [-0.4, -0.2) is 32.5 Å². The number of carbonyl (C=O) groups excluding carboxylic acids is 1. The summed E-state index contributed by atoms with van der Waals surface area (Å²) in [6.45, 7) is 2.50. The lowest BCUT2D eigenvalue weighted by atomic mass is 10.0. The van der Waals surface area contributed by atoms with Gasteiger partial charge >= 0.3 is 0 Å². The number of likely N-dealkylation sites (tertiary alicyclic amines) is 1. The number of nitrogens with zero attached hydrogens (tertiary/aromatic N) is 4. The molecule has 1 atom stereocenters.